The zero-order valence-electron chi connectivity index (χ0n) is 5.66. The van der Waals surface area contributed by atoms with Crippen LogP contribution in [0.2, 0.25) is 0 Å². The smallest absolute Gasteiger partial charge is 0.313 e. The molecule has 1 aliphatic rings. The van der Waals surface area contributed by atoms with E-state index in [0.717, 1.165) is 0 Å². The van der Waals surface area contributed by atoms with Crippen LogP contribution in [0.1, 0.15) is 13.8 Å². The highest BCUT2D eigenvalue weighted by Crippen LogP contribution is 2.45. The van der Waals surface area contributed by atoms with Gasteiger partial charge in [-0.05, 0) is 13.8 Å². The summed E-state index contributed by atoms with van der Waals surface area (Å²) < 4.78 is 15.4. The van der Waals surface area contributed by atoms with Crippen LogP contribution in [0, 0.1) is 0 Å². The Bertz CT molecular complexity index is 86.3. The number of rotatable bonds is 2. The van der Waals surface area contributed by atoms with Gasteiger partial charge in [-0.2, -0.15) is 0 Å². The lowest BCUT2D eigenvalue weighted by Gasteiger charge is -2.04. The monoisotopic (exact) mass is 150 g/mol. The summed E-state index contributed by atoms with van der Waals surface area (Å²) in [7, 11) is -0.985. The normalized spacial score (nSPS) is 35.3. The first-order valence-electron chi connectivity index (χ1n) is 3.05. The quantitative estimate of drug-likeness (QED) is 0.560. The summed E-state index contributed by atoms with van der Waals surface area (Å²) in [5.41, 5.74) is 0. The minimum atomic E-state index is -0.985. The van der Waals surface area contributed by atoms with Gasteiger partial charge in [-0.3, -0.25) is 0 Å². The molecule has 0 aromatic heterocycles. The maximum absolute atomic E-state index is 5.22. The average molecular weight is 150 g/mol. The van der Waals surface area contributed by atoms with Crippen molar-refractivity contribution < 1.29 is 13.6 Å². The molecule has 0 radical (unpaired) electrons. The Balaban J connectivity index is 2.14. The predicted octanol–water partition coefficient (Wildman–Crippen LogP) is 1.69. The molecule has 54 valence electrons. The SMILES string of the molecule is CCOP1OC[C@H](C)O1. The Labute approximate surface area is 56.3 Å². The van der Waals surface area contributed by atoms with Crippen LogP contribution in [-0.2, 0) is 13.6 Å². The van der Waals surface area contributed by atoms with Gasteiger partial charge in [-0.1, -0.05) is 0 Å². The van der Waals surface area contributed by atoms with Crippen LogP contribution in [0.5, 0.6) is 0 Å². The topological polar surface area (TPSA) is 27.7 Å². The molecule has 9 heavy (non-hydrogen) atoms. The Morgan fingerprint density at radius 2 is 2.56 bits per heavy atom. The van der Waals surface area contributed by atoms with Crippen molar-refractivity contribution >= 4 is 8.60 Å². The minimum absolute atomic E-state index is 0.211. The van der Waals surface area contributed by atoms with E-state index in [0.29, 0.717) is 13.2 Å². The molecule has 1 aliphatic heterocycles. The van der Waals surface area contributed by atoms with Crippen molar-refractivity contribution in [1.82, 2.24) is 0 Å². The third kappa shape index (κ3) is 2.18. The highest BCUT2D eigenvalue weighted by Gasteiger charge is 2.24. The van der Waals surface area contributed by atoms with Crippen LogP contribution in [0.25, 0.3) is 0 Å². The van der Waals surface area contributed by atoms with Crippen LogP contribution in [-0.4, -0.2) is 19.3 Å². The molecular formula is C5H11O3P. The molecule has 3 nitrogen and oxygen atoms in total. The summed E-state index contributed by atoms with van der Waals surface area (Å²) in [4.78, 5) is 0. The second kappa shape index (κ2) is 3.47. The molecule has 0 saturated carbocycles. The van der Waals surface area contributed by atoms with Crippen LogP contribution in [0.3, 0.4) is 0 Å². The largest absolute Gasteiger partial charge is 0.333 e. The summed E-state index contributed by atoms with van der Waals surface area (Å²) in [6.45, 7) is 5.24. The van der Waals surface area contributed by atoms with Crippen molar-refractivity contribution in [2.45, 2.75) is 20.0 Å². The molecule has 1 fully saturated rings. The van der Waals surface area contributed by atoms with Crippen molar-refractivity contribution in [3.8, 4) is 0 Å². The molecule has 1 saturated heterocycles. The second-order valence-corrected chi connectivity index (χ2v) is 3.03. The molecule has 1 unspecified atom stereocenters. The molecule has 0 amide bonds. The van der Waals surface area contributed by atoms with E-state index in [1.54, 1.807) is 0 Å². The van der Waals surface area contributed by atoms with Gasteiger partial charge in [0.2, 0.25) is 0 Å². The van der Waals surface area contributed by atoms with Gasteiger partial charge in [-0.25, -0.2) is 0 Å². The van der Waals surface area contributed by atoms with E-state index in [4.69, 9.17) is 13.6 Å². The van der Waals surface area contributed by atoms with Gasteiger partial charge in [0.1, 0.15) is 0 Å². The first kappa shape index (κ1) is 7.42. The lowest BCUT2D eigenvalue weighted by Crippen LogP contribution is -1.99. The van der Waals surface area contributed by atoms with Crippen LogP contribution < -0.4 is 0 Å². The lowest BCUT2D eigenvalue weighted by molar-refractivity contribution is 0.233. The van der Waals surface area contributed by atoms with Gasteiger partial charge in [0.15, 0.2) is 0 Å². The van der Waals surface area contributed by atoms with E-state index >= 15 is 0 Å². The molecule has 2 atom stereocenters. The number of hydrogen-bond acceptors (Lipinski definition) is 3. The number of hydrogen-bond donors (Lipinski definition) is 0. The van der Waals surface area contributed by atoms with Crippen molar-refractivity contribution in [3.63, 3.8) is 0 Å². The molecule has 0 N–H and O–H groups in total. The summed E-state index contributed by atoms with van der Waals surface area (Å²) in [5, 5.41) is 0. The minimum Gasteiger partial charge on any atom is -0.313 e. The van der Waals surface area contributed by atoms with E-state index in [1.807, 2.05) is 13.8 Å². The molecule has 0 bridgehead atoms. The van der Waals surface area contributed by atoms with Gasteiger partial charge in [0.25, 0.3) is 0 Å². The maximum atomic E-state index is 5.22. The summed E-state index contributed by atoms with van der Waals surface area (Å²) in [5.74, 6) is 0. The highest BCUT2D eigenvalue weighted by molar-refractivity contribution is 7.41. The fourth-order valence-electron chi connectivity index (χ4n) is 0.547. The third-order valence-corrected chi connectivity index (χ3v) is 2.28. The first-order valence-corrected chi connectivity index (χ1v) is 4.15. The zero-order chi connectivity index (χ0) is 6.69. The van der Waals surface area contributed by atoms with Gasteiger partial charge in [-0.15, -0.1) is 0 Å². The molecule has 0 aliphatic carbocycles. The standard InChI is InChI=1S/C5H11O3P/c1-3-6-9-7-4-5(2)8-9/h5H,3-4H2,1-2H3/t5-,9?/m0/s1. The maximum Gasteiger partial charge on any atom is 0.333 e. The molecule has 1 heterocycles. The van der Waals surface area contributed by atoms with Gasteiger partial charge in [0.05, 0.1) is 19.3 Å². The Morgan fingerprint density at radius 3 is 3.00 bits per heavy atom. The van der Waals surface area contributed by atoms with Gasteiger partial charge >= 0.3 is 8.60 Å². The first-order chi connectivity index (χ1) is 4.33. The van der Waals surface area contributed by atoms with E-state index in [2.05, 4.69) is 0 Å². The predicted molar refractivity (Wildman–Crippen MR) is 35.0 cm³/mol. The fourth-order valence-corrected chi connectivity index (χ4v) is 1.64. The van der Waals surface area contributed by atoms with Crippen molar-refractivity contribution in [2.75, 3.05) is 13.2 Å². The molecule has 0 aromatic carbocycles. The molecular weight excluding hydrogens is 139 g/mol. The molecule has 1 rings (SSSR count). The highest BCUT2D eigenvalue weighted by atomic mass is 31.2. The summed E-state index contributed by atoms with van der Waals surface area (Å²) in [6, 6.07) is 0. The van der Waals surface area contributed by atoms with Crippen molar-refractivity contribution in [1.29, 1.82) is 0 Å². The zero-order valence-corrected chi connectivity index (χ0v) is 6.56. The average Bonchev–Trinajstić information content (AvgIpc) is 2.17. The van der Waals surface area contributed by atoms with E-state index in [-0.39, 0.29) is 6.10 Å². The Hall–Kier alpha value is 0.310. The van der Waals surface area contributed by atoms with E-state index in [1.165, 1.54) is 0 Å². The summed E-state index contributed by atoms with van der Waals surface area (Å²) in [6.07, 6.45) is 0.211. The third-order valence-electron chi connectivity index (χ3n) is 0.915. The molecule has 0 aromatic rings. The molecule has 0 spiro atoms. The van der Waals surface area contributed by atoms with Crippen LogP contribution >= 0.6 is 8.60 Å². The van der Waals surface area contributed by atoms with Crippen molar-refractivity contribution in [3.05, 3.63) is 0 Å². The van der Waals surface area contributed by atoms with E-state index in [9.17, 15) is 0 Å². The van der Waals surface area contributed by atoms with Crippen LogP contribution in [0.4, 0.5) is 0 Å². The Kier molecular flexibility index (Phi) is 2.86. The lowest BCUT2D eigenvalue weighted by atomic mass is 10.5. The van der Waals surface area contributed by atoms with Gasteiger partial charge in [0, 0.05) is 0 Å². The fraction of sp³-hybridized carbons (Fsp3) is 1.00. The Morgan fingerprint density at radius 1 is 1.78 bits per heavy atom. The summed E-state index contributed by atoms with van der Waals surface area (Å²) >= 11 is 0. The van der Waals surface area contributed by atoms with Gasteiger partial charge < -0.3 is 13.6 Å². The van der Waals surface area contributed by atoms with Crippen LogP contribution in [0.15, 0.2) is 0 Å². The van der Waals surface area contributed by atoms with E-state index < -0.39 is 8.60 Å². The molecule has 4 heteroatoms. The second-order valence-electron chi connectivity index (χ2n) is 1.85. The van der Waals surface area contributed by atoms with Crippen molar-refractivity contribution in [2.24, 2.45) is 0 Å².